The van der Waals surface area contributed by atoms with Crippen molar-refractivity contribution in [1.29, 1.82) is 5.26 Å². The van der Waals surface area contributed by atoms with E-state index in [1.807, 2.05) is 37.4 Å². The number of carbonyl (C=O) groups excluding carboxylic acids is 1. The first-order valence-electron chi connectivity index (χ1n) is 12.4. The third-order valence-corrected chi connectivity index (χ3v) is 6.62. The van der Waals surface area contributed by atoms with Crippen LogP contribution in [0, 0.1) is 18.3 Å². The van der Waals surface area contributed by atoms with Gasteiger partial charge < -0.3 is 15.6 Å². The molecule has 5 rings (SSSR count). The Morgan fingerprint density at radius 3 is 2.61 bits per heavy atom. The molecular weight excluding hydrogens is 496 g/mol. The zero-order chi connectivity index (χ0) is 26.5. The van der Waals surface area contributed by atoms with Gasteiger partial charge in [-0.1, -0.05) is 47.5 Å². The van der Waals surface area contributed by atoms with Gasteiger partial charge in [0.1, 0.15) is 17.5 Å². The van der Waals surface area contributed by atoms with Crippen LogP contribution in [0.25, 0.3) is 16.6 Å². The van der Waals surface area contributed by atoms with Gasteiger partial charge in [-0.2, -0.15) is 10.4 Å². The van der Waals surface area contributed by atoms with Crippen LogP contribution in [0.1, 0.15) is 39.2 Å². The van der Waals surface area contributed by atoms with Crippen LogP contribution in [-0.4, -0.2) is 33.6 Å². The molecule has 190 valence electrons. The Morgan fingerprint density at radius 2 is 1.84 bits per heavy atom. The Balaban J connectivity index is 1.30. The third-order valence-electron chi connectivity index (χ3n) is 6.37. The molecule has 3 N–H and O–H groups in total. The summed E-state index contributed by atoms with van der Waals surface area (Å²) in [6.45, 7) is 4.10. The third kappa shape index (κ3) is 5.47. The molecular formula is C30H27ClN6O. The number of halogens is 1. The summed E-state index contributed by atoms with van der Waals surface area (Å²) in [5, 5.41) is 23.2. The Kier molecular flexibility index (Phi) is 7.55. The van der Waals surface area contributed by atoms with Crippen molar-refractivity contribution in [3.8, 4) is 11.8 Å². The van der Waals surface area contributed by atoms with Gasteiger partial charge in [0, 0.05) is 35.4 Å². The van der Waals surface area contributed by atoms with E-state index in [1.165, 1.54) is 10.9 Å². The lowest BCUT2D eigenvalue weighted by Gasteiger charge is -2.11. The molecule has 0 aliphatic heterocycles. The number of nitriles is 1. The fraction of sp³-hybridized carbons (Fsp3) is 0.167. The molecule has 0 saturated carbocycles. The van der Waals surface area contributed by atoms with Crippen LogP contribution in [0.2, 0.25) is 5.02 Å². The van der Waals surface area contributed by atoms with Crippen LogP contribution in [-0.2, 0) is 6.54 Å². The average Bonchev–Trinajstić information content (AvgIpc) is 3.55. The highest BCUT2D eigenvalue weighted by atomic mass is 35.5. The van der Waals surface area contributed by atoms with E-state index in [4.69, 9.17) is 11.6 Å². The molecule has 2 aromatic heterocycles. The number of carbonyl (C=O) groups is 1. The number of nitrogens with one attached hydrogen (secondary N) is 3. The summed E-state index contributed by atoms with van der Waals surface area (Å²) >= 11 is 6.08. The van der Waals surface area contributed by atoms with E-state index < -0.39 is 0 Å². The van der Waals surface area contributed by atoms with Crippen LogP contribution in [0.5, 0.6) is 0 Å². The van der Waals surface area contributed by atoms with Crippen molar-refractivity contribution in [3.63, 3.8) is 0 Å². The second-order valence-electron chi connectivity index (χ2n) is 9.12. The maximum absolute atomic E-state index is 13.3. The van der Waals surface area contributed by atoms with Gasteiger partial charge in [0.15, 0.2) is 5.69 Å². The number of H-pyrrole nitrogens is 1. The summed E-state index contributed by atoms with van der Waals surface area (Å²) in [6, 6.07) is 25.0. The number of aryl methyl sites for hydroxylation is 1. The summed E-state index contributed by atoms with van der Waals surface area (Å²) in [7, 11) is 0. The van der Waals surface area contributed by atoms with E-state index in [-0.39, 0.29) is 17.0 Å². The van der Waals surface area contributed by atoms with Crippen molar-refractivity contribution in [2.24, 2.45) is 0 Å². The highest BCUT2D eigenvalue weighted by Gasteiger charge is 2.25. The van der Waals surface area contributed by atoms with Crippen LogP contribution in [0.3, 0.4) is 0 Å². The van der Waals surface area contributed by atoms with E-state index in [9.17, 15) is 10.1 Å². The number of benzene rings is 3. The molecule has 0 spiro atoms. The Bertz CT molecular complexity index is 1610. The summed E-state index contributed by atoms with van der Waals surface area (Å²) in [4.78, 5) is 16.5. The zero-order valence-electron chi connectivity index (χ0n) is 21.0. The smallest absolute Gasteiger partial charge is 0.214 e. The number of hydrogen-bond donors (Lipinski definition) is 3. The van der Waals surface area contributed by atoms with Crippen molar-refractivity contribution >= 4 is 34.1 Å². The molecule has 0 saturated heterocycles. The lowest BCUT2D eigenvalue weighted by atomic mass is 10.0. The van der Waals surface area contributed by atoms with Crippen molar-refractivity contribution < 1.29 is 4.79 Å². The van der Waals surface area contributed by atoms with Gasteiger partial charge in [0.05, 0.1) is 5.69 Å². The normalized spacial score (nSPS) is 11.0. The minimum Gasteiger partial charge on any atom is -0.369 e. The highest BCUT2D eigenvalue weighted by Crippen LogP contribution is 2.26. The van der Waals surface area contributed by atoms with Gasteiger partial charge in [0.2, 0.25) is 5.78 Å². The number of ketones is 1. The Morgan fingerprint density at radius 1 is 1.05 bits per heavy atom. The first-order valence-corrected chi connectivity index (χ1v) is 12.8. The van der Waals surface area contributed by atoms with Crippen LogP contribution in [0.15, 0.2) is 79.0 Å². The first kappa shape index (κ1) is 25.3. The van der Waals surface area contributed by atoms with Gasteiger partial charge in [0.25, 0.3) is 0 Å². The molecule has 0 bridgehead atoms. The summed E-state index contributed by atoms with van der Waals surface area (Å²) in [5.41, 5.74) is 4.93. The van der Waals surface area contributed by atoms with Crippen molar-refractivity contribution in [1.82, 2.24) is 20.1 Å². The molecule has 8 heteroatoms. The second kappa shape index (κ2) is 11.3. The number of nitrogens with zero attached hydrogens (tertiary/aromatic N) is 3. The van der Waals surface area contributed by atoms with E-state index in [2.05, 4.69) is 51.1 Å². The monoisotopic (exact) mass is 522 g/mol. The molecule has 0 unspecified atom stereocenters. The minimum atomic E-state index is -0.293. The Labute approximate surface area is 226 Å². The Hall–Kier alpha value is -4.38. The molecule has 3 aromatic carbocycles. The fourth-order valence-electron chi connectivity index (χ4n) is 4.32. The topological polar surface area (TPSA) is 98.5 Å². The van der Waals surface area contributed by atoms with Crippen LogP contribution >= 0.6 is 11.6 Å². The number of rotatable bonds is 10. The second-order valence-corrected chi connectivity index (χ2v) is 9.56. The molecule has 5 aromatic rings. The van der Waals surface area contributed by atoms with E-state index in [0.29, 0.717) is 28.6 Å². The lowest BCUT2D eigenvalue weighted by molar-refractivity contribution is 0.103. The molecule has 2 heterocycles. The number of aromatic amines is 1. The van der Waals surface area contributed by atoms with Crippen molar-refractivity contribution in [2.75, 3.05) is 18.4 Å². The molecule has 0 radical (unpaired) electrons. The van der Waals surface area contributed by atoms with E-state index >= 15 is 0 Å². The minimum absolute atomic E-state index is 0.118. The van der Waals surface area contributed by atoms with Gasteiger partial charge >= 0.3 is 0 Å². The molecule has 0 aliphatic carbocycles. The van der Waals surface area contributed by atoms with Crippen LogP contribution in [0.4, 0.5) is 5.82 Å². The zero-order valence-corrected chi connectivity index (χ0v) is 21.7. The van der Waals surface area contributed by atoms with Gasteiger partial charge in [-0.25, -0.2) is 4.68 Å². The number of anilines is 1. The van der Waals surface area contributed by atoms with Gasteiger partial charge in [-0.05, 0) is 73.3 Å². The van der Waals surface area contributed by atoms with E-state index in [0.717, 1.165) is 30.6 Å². The number of hydrogen-bond acceptors (Lipinski definition) is 5. The number of aromatic nitrogens is 3. The largest absolute Gasteiger partial charge is 0.369 e. The molecule has 0 aliphatic rings. The number of fused-ring (bicyclic) bond motifs is 1. The SMILES string of the molecule is Cc1ccc(C(=O)c2nn(-c3ccc(Cl)cc3)c(NCCCNCc3ccc4[nH]ccc4c3)c2C#N)cc1. The molecule has 0 atom stereocenters. The summed E-state index contributed by atoms with van der Waals surface area (Å²) in [5.74, 6) is 0.196. The maximum atomic E-state index is 13.3. The van der Waals surface area contributed by atoms with Crippen LogP contribution < -0.4 is 10.6 Å². The van der Waals surface area contributed by atoms with Crippen molar-refractivity contribution in [3.05, 3.63) is 112 Å². The summed E-state index contributed by atoms with van der Waals surface area (Å²) < 4.78 is 1.61. The molecule has 7 nitrogen and oxygen atoms in total. The quantitative estimate of drug-likeness (QED) is 0.154. The lowest BCUT2D eigenvalue weighted by Crippen LogP contribution is -2.18. The first-order chi connectivity index (χ1) is 18.5. The van der Waals surface area contributed by atoms with E-state index in [1.54, 1.807) is 28.9 Å². The van der Waals surface area contributed by atoms with Crippen molar-refractivity contribution in [2.45, 2.75) is 19.9 Å². The predicted octanol–water partition coefficient (Wildman–Crippen LogP) is 6.01. The van der Waals surface area contributed by atoms with Gasteiger partial charge in [-0.3, -0.25) is 4.79 Å². The standard InChI is InChI=1S/C30H27ClN6O/c1-20-3-6-22(7-4-20)29(38)28-26(18-32)30(37(36-28)25-10-8-24(31)9-11-25)35-15-2-14-33-19-21-5-12-27-23(17-21)13-16-34-27/h3-13,16-17,33-35H,2,14-15,19H2,1H3. The highest BCUT2D eigenvalue weighted by molar-refractivity contribution is 6.30. The maximum Gasteiger partial charge on any atom is 0.214 e. The molecule has 0 amide bonds. The van der Waals surface area contributed by atoms with Gasteiger partial charge in [-0.15, -0.1) is 0 Å². The fourth-order valence-corrected chi connectivity index (χ4v) is 4.45. The average molecular weight is 523 g/mol. The molecule has 0 fully saturated rings. The molecule has 38 heavy (non-hydrogen) atoms. The summed E-state index contributed by atoms with van der Waals surface area (Å²) in [6.07, 6.45) is 2.75. The predicted molar refractivity (Wildman–Crippen MR) is 151 cm³/mol.